The van der Waals surface area contributed by atoms with Crippen molar-refractivity contribution in [1.29, 1.82) is 0 Å². The molecule has 0 aliphatic carbocycles. The van der Waals surface area contributed by atoms with Crippen LogP contribution in [-0.2, 0) is 11.2 Å². The molecule has 1 rings (SSSR count). The van der Waals surface area contributed by atoms with Gasteiger partial charge in [-0.3, -0.25) is 0 Å². The summed E-state index contributed by atoms with van der Waals surface area (Å²) in [6.45, 7) is 0.412. The van der Waals surface area contributed by atoms with E-state index in [0.29, 0.717) is 29.4 Å². The van der Waals surface area contributed by atoms with Gasteiger partial charge in [-0.1, -0.05) is 15.9 Å². The quantitative estimate of drug-likeness (QED) is 0.836. The van der Waals surface area contributed by atoms with Gasteiger partial charge in [-0.25, -0.2) is 8.78 Å². The molecule has 0 amide bonds. The zero-order chi connectivity index (χ0) is 13.6. The summed E-state index contributed by atoms with van der Waals surface area (Å²) in [5, 5.41) is 0. The van der Waals surface area contributed by atoms with Gasteiger partial charge in [-0.2, -0.15) is 0 Å². The van der Waals surface area contributed by atoms with Crippen LogP contribution in [-0.4, -0.2) is 25.9 Å². The first kappa shape index (κ1) is 15.5. The Morgan fingerprint density at radius 3 is 2.78 bits per heavy atom. The molecule has 0 fully saturated rings. The van der Waals surface area contributed by atoms with Crippen LogP contribution in [0.15, 0.2) is 22.7 Å². The number of rotatable bonds is 7. The summed E-state index contributed by atoms with van der Waals surface area (Å²) < 4.78 is 33.4. The van der Waals surface area contributed by atoms with Crippen LogP contribution >= 0.6 is 15.9 Å². The lowest BCUT2D eigenvalue weighted by Crippen LogP contribution is -2.32. The lowest BCUT2D eigenvalue weighted by atomic mass is 9.92. The van der Waals surface area contributed by atoms with Crippen molar-refractivity contribution < 1.29 is 13.5 Å². The standard InChI is InChI=1S/C13H18BrF2NO/c1-18-9-13(16,5-2-6-17)8-10-7-11(15)3-4-12(10)14/h3-4,7H,2,5-6,8-9,17H2,1H3. The molecular formula is C13H18BrF2NO. The van der Waals surface area contributed by atoms with Crippen molar-refractivity contribution in [2.24, 2.45) is 5.73 Å². The third-order valence-electron chi connectivity index (χ3n) is 2.75. The van der Waals surface area contributed by atoms with E-state index in [1.807, 2.05) is 0 Å². The van der Waals surface area contributed by atoms with Gasteiger partial charge < -0.3 is 10.5 Å². The molecule has 0 aromatic heterocycles. The lowest BCUT2D eigenvalue weighted by Gasteiger charge is -2.25. The van der Waals surface area contributed by atoms with Crippen LogP contribution in [0.2, 0.25) is 0 Å². The Kier molecular flexibility index (Phi) is 6.18. The van der Waals surface area contributed by atoms with Gasteiger partial charge in [0, 0.05) is 18.0 Å². The molecule has 0 radical (unpaired) electrons. The van der Waals surface area contributed by atoms with Crippen LogP contribution in [0.25, 0.3) is 0 Å². The normalized spacial score (nSPS) is 14.5. The maximum atomic E-state index is 14.7. The number of nitrogens with two attached hydrogens (primary N) is 1. The second kappa shape index (κ2) is 7.16. The predicted octanol–water partition coefficient (Wildman–Crippen LogP) is 3.22. The van der Waals surface area contributed by atoms with E-state index >= 15 is 0 Å². The van der Waals surface area contributed by atoms with Gasteiger partial charge in [0.2, 0.25) is 0 Å². The fourth-order valence-electron chi connectivity index (χ4n) is 1.91. The molecule has 5 heteroatoms. The number of halogens is 3. The maximum Gasteiger partial charge on any atom is 0.138 e. The van der Waals surface area contributed by atoms with Crippen molar-refractivity contribution in [2.75, 3.05) is 20.3 Å². The van der Waals surface area contributed by atoms with E-state index in [4.69, 9.17) is 10.5 Å². The minimum Gasteiger partial charge on any atom is -0.381 e. The van der Waals surface area contributed by atoms with Gasteiger partial charge in [-0.15, -0.1) is 0 Å². The van der Waals surface area contributed by atoms with Crippen LogP contribution in [0.3, 0.4) is 0 Å². The number of ether oxygens (including phenoxy) is 1. The molecule has 0 spiro atoms. The average Bonchev–Trinajstić information content (AvgIpc) is 2.32. The Labute approximate surface area is 115 Å². The van der Waals surface area contributed by atoms with Gasteiger partial charge in [0.1, 0.15) is 11.5 Å². The molecule has 0 heterocycles. The molecule has 0 bridgehead atoms. The lowest BCUT2D eigenvalue weighted by molar-refractivity contribution is 0.0333. The Balaban J connectivity index is 2.84. The van der Waals surface area contributed by atoms with Crippen molar-refractivity contribution in [3.8, 4) is 0 Å². The van der Waals surface area contributed by atoms with Crippen molar-refractivity contribution >= 4 is 15.9 Å². The van der Waals surface area contributed by atoms with Crippen molar-refractivity contribution in [2.45, 2.75) is 24.9 Å². The molecule has 102 valence electrons. The zero-order valence-corrected chi connectivity index (χ0v) is 12.0. The van der Waals surface area contributed by atoms with E-state index in [0.717, 1.165) is 0 Å². The zero-order valence-electron chi connectivity index (χ0n) is 10.4. The Morgan fingerprint density at radius 1 is 1.44 bits per heavy atom. The molecule has 2 N–H and O–H groups in total. The molecule has 0 aliphatic heterocycles. The number of benzene rings is 1. The molecule has 18 heavy (non-hydrogen) atoms. The summed E-state index contributed by atoms with van der Waals surface area (Å²) in [6, 6.07) is 4.26. The molecule has 0 aliphatic rings. The Morgan fingerprint density at radius 2 is 2.17 bits per heavy atom. The smallest absolute Gasteiger partial charge is 0.138 e. The fraction of sp³-hybridized carbons (Fsp3) is 0.538. The topological polar surface area (TPSA) is 35.2 Å². The van der Waals surface area contributed by atoms with Gasteiger partial charge in [0.25, 0.3) is 0 Å². The van der Waals surface area contributed by atoms with Gasteiger partial charge in [0.15, 0.2) is 0 Å². The SMILES string of the molecule is COCC(F)(CCCN)Cc1cc(F)ccc1Br. The molecule has 0 saturated heterocycles. The minimum atomic E-state index is -1.51. The maximum absolute atomic E-state index is 14.7. The highest BCUT2D eigenvalue weighted by Crippen LogP contribution is 2.28. The highest BCUT2D eigenvalue weighted by Gasteiger charge is 2.30. The molecule has 1 unspecified atom stereocenters. The van der Waals surface area contributed by atoms with E-state index in [1.165, 1.54) is 19.2 Å². The van der Waals surface area contributed by atoms with E-state index in [9.17, 15) is 8.78 Å². The van der Waals surface area contributed by atoms with E-state index in [1.54, 1.807) is 6.07 Å². The fourth-order valence-corrected chi connectivity index (χ4v) is 2.30. The third-order valence-corrected chi connectivity index (χ3v) is 3.52. The molecule has 1 aromatic rings. The van der Waals surface area contributed by atoms with Gasteiger partial charge in [0.05, 0.1) is 6.61 Å². The van der Waals surface area contributed by atoms with Crippen LogP contribution in [0, 0.1) is 5.82 Å². The number of hydrogen-bond acceptors (Lipinski definition) is 2. The third kappa shape index (κ3) is 4.63. The Hall–Kier alpha value is -0.520. The van der Waals surface area contributed by atoms with Crippen LogP contribution in [0.5, 0.6) is 0 Å². The summed E-state index contributed by atoms with van der Waals surface area (Å²) >= 11 is 3.30. The monoisotopic (exact) mass is 321 g/mol. The summed E-state index contributed by atoms with van der Waals surface area (Å²) in [5.41, 5.74) is 4.50. The molecule has 2 nitrogen and oxygen atoms in total. The summed E-state index contributed by atoms with van der Waals surface area (Å²) in [7, 11) is 1.46. The van der Waals surface area contributed by atoms with Crippen LogP contribution in [0.4, 0.5) is 8.78 Å². The summed E-state index contributed by atoms with van der Waals surface area (Å²) in [4.78, 5) is 0. The Bertz CT molecular complexity index is 389. The van der Waals surface area contributed by atoms with Gasteiger partial charge >= 0.3 is 0 Å². The van der Waals surface area contributed by atoms with E-state index in [-0.39, 0.29) is 18.8 Å². The van der Waals surface area contributed by atoms with Crippen molar-refractivity contribution in [3.63, 3.8) is 0 Å². The predicted molar refractivity (Wildman–Crippen MR) is 71.8 cm³/mol. The molecule has 1 atom stereocenters. The molecular weight excluding hydrogens is 304 g/mol. The number of alkyl halides is 1. The van der Waals surface area contributed by atoms with Crippen molar-refractivity contribution in [3.05, 3.63) is 34.1 Å². The first-order valence-electron chi connectivity index (χ1n) is 5.82. The minimum absolute atomic E-state index is 0.0179. The second-order valence-corrected chi connectivity index (χ2v) is 5.24. The highest BCUT2D eigenvalue weighted by atomic mass is 79.9. The van der Waals surface area contributed by atoms with Crippen molar-refractivity contribution in [1.82, 2.24) is 0 Å². The first-order chi connectivity index (χ1) is 8.50. The van der Waals surface area contributed by atoms with Crippen LogP contribution in [0.1, 0.15) is 18.4 Å². The molecule has 1 aromatic carbocycles. The average molecular weight is 322 g/mol. The summed E-state index contributed by atoms with van der Waals surface area (Å²) in [5.74, 6) is -0.369. The first-order valence-corrected chi connectivity index (χ1v) is 6.62. The number of methoxy groups -OCH3 is 1. The largest absolute Gasteiger partial charge is 0.381 e. The number of hydrogen-bond donors (Lipinski definition) is 1. The van der Waals surface area contributed by atoms with Gasteiger partial charge in [-0.05, 0) is 43.1 Å². The van der Waals surface area contributed by atoms with E-state index in [2.05, 4.69) is 15.9 Å². The second-order valence-electron chi connectivity index (χ2n) is 4.39. The van der Waals surface area contributed by atoms with Crippen LogP contribution < -0.4 is 5.73 Å². The molecule has 0 saturated carbocycles. The summed E-state index contributed by atoms with van der Waals surface area (Å²) in [6.07, 6.45) is 0.992. The van der Waals surface area contributed by atoms with E-state index < -0.39 is 5.67 Å². The highest BCUT2D eigenvalue weighted by molar-refractivity contribution is 9.10.